The van der Waals surface area contributed by atoms with Gasteiger partial charge in [-0.2, -0.15) is 0 Å². The Morgan fingerprint density at radius 1 is 0.893 bits per heavy atom. The zero-order valence-electron chi connectivity index (χ0n) is 15.7. The fourth-order valence-corrected chi connectivity index (χ4v) is 3.21. The number of ether oxygens (including phenoxy) is 2. The number of pyridine rings is 2. The van der Waals surface area contributed by atoms with Crippen molar-refractivity contribution < 1.29 is 9.47 Å². The van der Waals surface area contributed by atoms with Gasteiger partial charge in [-0.1, -0.05) is 0 Å². The number of hydrogen-bond acceptors (Lipinski definition) is 6. The number of anilines is 1. The van der Waals surface area contributed by atoms with Gasteiger partial charge in [-0.05, 0) is 53.6 Å². The summed E-state index contributed by atoms with van der Waals surface area (Å²) >= 11 is 0. The SMILES string of the molecule is COc1ccc(C2=NC(c3ccncc3)=C(c3cnc(N)c(OC)c3)C2)cc1. The summed E-state index contributed by atoms with van der Waals surface area (Å²) in [5.74, 6) is 1.74. The van der Waals surface area contributed by atoms with Crippen LogP contribution in [0.15, 0.2) is 66.0 Å². The monoisotopic (exact) mass is 372 g/mol. The van der Waals surface area contributed by atoms with Gasteiger partial charge in [-0.3, -0.25) is 9.98 Å². The molecular weight excluding hydrogens is 352 g/mol. The van der Waals surface area contributed by atoms with E-state index in [0.29, 0.717) is 18.0 Å². The molecule has 3 heterocycles. The Morgan fingerprint density at radius 3 is 2.32 bits per heavy atom. The van der Waals surface area contributed by atoms with Crippen molar-refractivity contribution in [1.29, 1.82) is 0 Å². The third kappa shape index (κ3) is 3.32. The van der Waals surface area contributed by atoms with E-state index in [0.717, 1.165) is 39.4 Å². The standard InChI is InChI=1S/C22H20N4O2/c1-27-17-5-3-14(4-6-17)19-12-18(16-11-20(28-2)22(23)25-13-16)21(26-19)15-7-9-24-10-8-15/h3-11,13H,12H2,1-2H3,(H2,23,25). The first kappa shape index (κ1) is 17.7. The van der Waals surface area contributed by atoms with Gasteiger partial charge in [0.1, 0.15) is 5.75 Å². The van der Waals surface area contributed by atoms with Crippen molar-refractivity contribution in [3.8, 4) is 11.5 Å². The molecule has 0 bridgehead atoms. The second kappa shape index (κ2) is 7.52. The summed E-state index contributed by atoms with van der Waals surface area (Å²) < 4.78 is 10.6. The van der Waals surface area contributed by atoms with Crippen LogP contribution < -0.4 is 15.2 Å². The predicted octanol–water partition coefficient (Wildman–Crippen LogP) is 3.84. The fourth-order valence-electron chi connectivity index (χ4n) is 3.21. The molecule has 3 aromatic rings. The van der Waals surface area contributed by atoms with Crippen LogP contribution in [0.2, 0.25) is 0 Å². The first-order valence-electron chi connectivity index (χ1n) is 8.85. The largest absolute Gasteiger partial charge is 0.497 e. The van der Waals surface area contributed by atoms with E-state index in [1.807, 2.05) is 42.5 Å². The molecule has 1 aliphatic rings. The highest BCUT2D eigenvalue weighted by molar-refractivity contribution is 6.16. The Bertz CT molecular complexity index is 1060. The highest BCUT2D eigenvalue weighted by Gasteiger charge is 2.23. The van der Waals surface area contributed by atoms with Crippen molar-refractivity contribution in [2.45, 2.75) is 6.42 Å². The summed E-state index contributed by atoms with van der Waals surface area (Å²) in [5.41, 5.74) is 11.8. The molecule has 0 amide bonds. The quantitative estimate of drug-likeness (QED) is 0.736. The van der Waals surface area contributed by atoms with E-state index >= 15 is 0 Å². The second-order valence-corrected chi connectivity index (χ2v) is 6.34. The molecule has 0 unspecified atom stereocenters. The molecular formula is C22H20N4O2. The lowest BCUT2D eigenvalue weighted by Crippen LogP contribution is -2.00. The lowest BCUT2D eigenvalue weighted by atomic mass is 9.97. The van der Waals surface area contributed by atoms with Crippen LogP contribution in [0.25, 0.3) is 11.3 Å². The van der Waals surface area contributed by atoms with Gasteiger partial charge in [0.25, 0.3) is 0 Å². The molecule has 4 rings (SSSR count). The summed E-state index contributed by atoms with van der Waals surface area (Å²) in [5, 5.41) is 0. The Balaban J connectivity index is 1.79. The van der Waals surface area contributed by atoms with Crippen molar-refractivity contribution in [2.75, 3.05) is 20.0 Å². The molecule has 28 heavy (non-hydrogen) atoms. The van der Waals surface area contributed by atoms with E-state index in [2.05, 4.69) is 9.97 Å². The zero-order chi connectivity index (χ0) is 19.5. The molecule has 140 valence electrons. The first-order chi connectivity index (χ1) is 13.7. The van der Waals surface area contributed by atoms with Crippen LogP contribution in [0.3, 0.4) is 0 Å². The van der Waals surface area contributed by atoms with Crippen molar-refractivity contribution >= 4 is 22.8 Å². The topological polar surface area (TPSA) is 82.6 Å². The summed E-state index contributed by atoms with van der Waals surface area (Å²) in [6, 6.07) is 13.7. The maximum atomic E-state index is 5.89. The lowest BCUT2D eigenvalue weighted by molar-refractivity contribution is 0.415. The molecule has 1 aliphatic heterocycles. The van der Waals surface area contributed by atoms with Crippen molar-refractivity contribution in [1.82, 2.24) is 9.97 Å². The number of nitrogens with zero attached hydrogens (tertiary/aromatic N) is 3. The number of methoxy groups -OCH3 is 2. The van der Waals surface area contributed by atoms with Crippen molar-refractivity contribution in [3.05, 3.63) is 77.7 Å². The molecule has 0 aliphatic carbocycles. The number of nitrogens with two attached hydrogens (primary N) is 1. The van der Waals surface area contributed by atoms with Crippen LogP contribution >= 0.6 is 0 Å². The minimum absolute atomic E-state index is 0.367. The number of aliphatic imine (C=N–C) groups is 1. The van der Waals surface area contributed by atoms with Crippen LogP contribution in [0.5, 0.6) is 11.5 Å². The van der Waals surface area contributed by atoms with Crippen LogP contribution in [-0.4, -0.2) is 29.9 Å². The zero-order valence-corrected chi connectivity index (χ0v) is 15.7. The van der Waals surface area contributed by atoms with E-state index in [-0.39, 0.29) is 0 Å². The van der Waals surface area contributed by atoms with Crippen molar-refractivity contribution in [2.24, 2.45) is 4.99 Å². The Morgan fingerprint density at radius 2 is 1.64 bits per heavy atom. The summed E-state index contributed by atoms with van der Waals surface area (Å²) in [6.45, 7) is 0. The van der Waals surface area contributed by atoms with E-state index in [4.69, 9.17) is 20.2 Å². The van der Waals surface area contributed by atoms with Gasteiger partial charge in [-0.15, -0.1) is 0 Å². The van der Waals surface area contributed by atoms with Gasteiger partial charge in [0.05, 0.1) is 25.6 Å². The maximum absolute atomic E-state index is 5.89. The molecule has 0 atom stereocenters. The number of aromatic nitrogens is 2. The van der Waals surface area contributed by atoms with Crippen LogP contribution in [0.4, 0.5) is 5.82 Å². The molecule has 0 saturated heterocycles. The Labute approximate surface area is 163 Å². The molecule has 0 radical (unpaired) electrons. The molecule has 0 spiro atoms. The first-order valence-corrected chi connectivity index (χ1v) is 8.85. The van der Waals surface area contributed by atoms with Crippen LogP contribution in [0.1, 0.15) is 23.1 Å². The van der Waals surface area contributed by atoms with E-state index in [9.17, 15) is 0 Å². The third-order valence-electron chi connectivity index (χ3n) is 4.70. The van der Waals surface area contributed by atoms with Gasteiger partial charge < -0.3 is 15.2 Å². The average Bonchev–Trinajstić information content (AvgIpc) is 3.20. The molecule has 1 aromatic carbocycles. The Kier molecular flexibility index (Phi) is 4.76. The molecule has 2 N–H and O–H groups in total. The second-order valence-electron chi connectivity index (χ2n) is 6.34. The third-order valence-corrected chi connectivity index (χ3v) is 4.70. The molecule has 0 fully saturated rings. The van der Waals surface area contributed by atoms with Gasteiger partial charge in [0.15, 0.2) is 11.6 Å². The summed E-state index contributed by atoms with van der Waals surface area (Å²) in [7, 11) is 3.24. The number of hydrogen-bond donors (Lipinski definition) is 1. The number of nitrogen functional groups attached to an aromatic ring is 1. The minimum Gasteiger partial charge on any atom is -0.497 e. The highest BCUT2D eigenvalue weighted by atomic mass is 16.5. The fraction of sp³-hybridized carbons (Fsp3) is 0.136. The smallest absolute Gasteiger partial charge is 0.166 e. The molecule has 6 nitrogen and oxygen atoms in total. The van der Waals surface area contributed by atoms with Crippen LogP contribution in [0, 0.1) is 0 Å². The molecule has 6 heteroatoms. The summed E-state index contributed by atoms with van der Waals surface area (Å²) in [4.78, 5) is 13.3. The van der Waals surface area contributed by atoms with Gasteiger partial charge in [0.2, 0.25) is 0 Å². The normalized spacial score (nSPS) is 13.4. The van der Waals surface area contributed by atoms with Crippen LogP contribution in [-0.2, 0) is 0 Å². The lowest BCUT2D eigenvalue weighted by Gasteiger charge is -2.10. The van der Waals surface area contributed by atoms with Gasteiger partial charge >= 0.3 is 0 Å². The molecule has 0 saturated carbocycles. The average molecular weight is 372 g/mol. The number of allylic oxidation sites excluding steroid dienone is 1. The minimum atomic E-state index is 0.367. The van der Waals surface area contributed by atoms with E-state index < -0.39 is 0 Å². The number of benzene rings is 1. The predicted molar refractivity (Wildman–Crippen MR) is 110 cm³/mol. The Hall–Kier alpha value is -3.67. The van der Waals surface area contributed by atoms with Gasteiger partial charge in [0, 0.05) is 36.1 Å². The van der Waals surface area contributed by atoms with E-state index in [1.165, 1.54) is 0 Å². The van der Waals surface area contributed by atoms with Gasteiger partial charge in [-0.25, -0.2) is 4.98 Å². The molecule has 2 aromatic heterocycles. The summed E-state index contributed by atoms with van der Waals surface area (Å²) in [6.07, 6.45) is 5.98. The highest BCUT2D eigenvalue weighted by Crippen LogP contribution is 2.38. The van der Waals surface area contributed by atoms with Crippen molar-refractivity contribution in [3.63, 3.8) is 0 Å². The maximum Gasteiger partial charge on any atom is 0.166 e. The number of rotatable bonds is 5. The van der Waals surface area contributed by atoms with E-state index in [1.54, 1.807) is 32.8 Å².